The lowest BCUT2D eigenvalue weighted by atomic mass is 10.3. The maximum absolute atomic E-state index is 12.1. The fourth-order valence-electron chi connectivity index (χ4n) is 1.92. The van der Waals surface area contributed by atoms with Gasteiger partial charge in [0.1, 0.15) is 12.6 Å². The van der Waals surface area contributed by atoms with E-state index in [0.29, 0.717) is 17.5 Å². The molecule has 1 aliphatic rings. The van der Waals surface area contributed by atoms with E-state index in [4.69, 9.17) is 5.11 Å². The quantitative estimate of drug-likeness (QED) is 0.867. The summed E-state index contributed by atoms with van der Waals surface area (Å²) in [4.78, 5) is 26.6. The molecule has 3 rings (SSSR count). The number of carboxylic acids is 1. The fraction of sp³-hybridized carbons (Fsp3) is 0.364. The molecule has 1 saturated heterocycles. The summed E-state index contributed by atoms with van der Waals surface area (Å²) >= 11 is 2.90. The summed E-state index contributed by atoms with van der Waals surface area (Å²) < 4.78 is 0. The fourth-order valence-corrected chi connectivity index (χ4v) is 3.74. The molecule has 2 aromatic heterocycles. The van der Waals surface area contributed by atoms with E-state index >= 15 is 0 Å². The average molecular weight is 325 g/mol. The van der Waals surface area contributed by atoms with Crippen LogP contribution in [0.25, 0.3) is 10.7 Å². The molecule has 110 valence electrons. The van der Waals surface area contributed by atoms with Crippen LogP contribution in [0.4, 0.5) is 0 Å². The Morgan fingerprint density at radius 2 is 2.33 bits per heavy atom. The Morgan fingerprint density at radius 1 is 1.48 bits per heavy atom. The number of carboxylic acid groups (broad SMARTS) is 1. The summed E-state index contributed by atoms with van der Waals surface area (Å²) in [7, 11) is 0. The molecule has 1 unspecified atom stereocenters. The molecule has 0 aliphatic carbocycles. The molecule has 0 spiro atoms. The van der Waals surface area contributed by atoms with Crippen LogP contribution >= 0.6 is 23.1 Å². The van der Waals surface area contributed by atoms with Gasteiger partial charge in [0.2, 0.25) is 11.7 Å². The van der Waals surface area contributed by atoms with Gasteiger partial charge in [-0.2, -0.15) is 4.80 Å². The molecule has 0 bridgehead atoms. The summed E-state index contributed by atoms with van der Waals surface area (Å²) in [6, 6.07) is 2.97. The third-order valence-electron chi connectivity index (χ3n) is 2.96. The molecular formula is C11H11N5O3S2. The van der Waals surface area contributed by atoms with Crippen molar-refractivity contribution in [1.29, 1.82) is 0 Å². The third kappa shape index (κ3) is 2.90. The van der Waals surface area contributed by atoms with Crippen LogP contribution < -0.4 is 0 Å². The van der Waals surface area contributed by atoms with Crippen LogP contribution in [-0.4, -0.2) is 59.8 Å². The Morgan fingerprint density at radius 3 is 3.05 bits per heavy atom. The molecule has 21 heavy (non-hydrogen) atoms. The first-order chi connectivity index (χ1) is 10.1. The molecule has 10 heteroatoms. The molecule has 1 N–H and O–H groups in total. The van der Waals surface area contributed by atoms with Crippen molar-refractivity contribution in [3.8, 4) is 10.7 Å². The zero-order chi connectivity index (χ0) is 14.8. The maximum Gasteiger partial charge on any atom is 0.327 e. The topological polar surface area (TPSA) is 101 Å². The van der Waals surface area contributed by atoms with Crippen molar-refractivity contribution < 1.29 is 14.7 Å². The van der Waals surface area contributed by atoms with Crippen LogP contribution in [0.1, 0.15) is 0 Å². The van der Waals surface area contributed by atoms with Crippen LogP contribution in [0.3, 0.4) is 0 Å². The van der Waals surface area contributed by atoms with Gasteiger partial charge in [0.15, 0.2) is 0 Å². The summed E-state index contributed by atoms with van der Waals surface area (Å²) in [5, 5.41) is 22.8. The first kappa shape index (κ1) is 14.0. The number of hydrogen-bond acceptors (Lipinski definition) is 7. The smallest absolute Gasteiger partial charge is 0.327 e. The Balaban J connectivity index is 1.69. The van der Waals surface area contributed by atoms with Gasteiger partial charge >= 0.3 is 5.97 Å². The van der Waals surface area contributed by atoms with E-state index in [2.05, 4.69) is 15.4 Å². The monoisotopic (exact) mass is 325 g/mol. The molecule has 1 aliphatic heterocycles. The minimum atomic E-state index is -0.987. The number of hydrogen-bond donors (Lipinski definition) is 1. The van der Waals surface area contributed by atoms with E-state index in [9.17, 15) is 9.59 Å². The van der Waals surface area contributed by atoms with Crippen LogP contribution in [0.5, 0.6) is 0 Å². The highest BCUT2D eigenvalue weighted by Crippen LogP contribution is 2.22. The van der Waals surface area contributed by atoms with Crippen LogP contribution in [0.2, 0.25) is 0 Å². The Kier molecular flexibility index (Phi) is 3.88. The van der Waals surface area contributed by atoms with Gasteiger partial charge in [-0.1, -0.05) is 6.07 Å². The number of carbonyl (C=O) groups excluding carboxylic acids is 1. The summed E-state index contributed by atoms with van der Waals surface area (Å²) in [6.45, 7) is -0.108. The molecule has 2 aromatic rings. The number of aliphatic carboxylic acids is 1. The SMILES string of the molecule is O=C(O)C1CSCN1C(=O)Cn1nnc(-c2cccs2)n1. The number of amides is 1. The highest BCUT2D eigenvalue weighted by molar-refractivity contribution is 7.99. The predicted octanol–water partition coefficient (Wildman–Crippen LogP) is 0.388. The molecule has 1 atom stereocenters. The van der Waals surface area contributed by atoms with Crippen LogP contribution in [0.15, 0.2) is 17.5 Å². The first-order valence-corrected chi connectivity index (χ1v) is 8.10. The lowest BCUT2D eigenvalue weighted by Gasteiger charge is -2.19. The van der Waals surface area contributed by atoms with Gasteiger partial charge in [0.25, 0.3) is 0 Å². The summed E-state index contributed by atoms with van der Waals surface area (Å²) in [6.07, 6.45) is 0. The highest BCUT2D eigenvalue weighted by Gasteiger charge is 2.34. The summed E-state index contributed by atoms with van der Waals surface area (Å²) in [5.74, 6) is -0.0562. The van der Waals surface area contributed by atoms with Gasteiger partial charge in [-0.05, 0) is 16.7 Å². The number of nitrogens with zero attached hydrogens (tertiary/aromatic N) is 5. The second kappa shape index (κ2) is 5.82. The van der Waals surface area contributed by atoms with Crippen molar-refractivity contribution in [2.75, 3.05) is 11.6 Å². The lowest BCUT2D eigenvalue weighted by Crippen LogP contribution is -2.43. The largest absolute Gasteiger partial charge is 0.480 e. The number of tetrazole rings is 1. The van der Waals surface area contributed by atoms with E-state index in [-0.39, 0.29) is 12.5 Å². The van der Waals surface area contributed by atoms with Crippen molar-refractivity contribution in [2.24, 2.45) is 0 Å². The van der Waals surface area contributed by atoms with E-state index in [1.165, 1.54) is 32.8 Å². The zero-order valence-electron chi connectivity index (χ0n) is 10.7. The number of carbonyl (C=O) groups is 2. The molecule has 0 radical (unpaired) electrons. The minimum Gasteiger partial charge on any atom is -0.480 e. The van der Waals surface area contributed by atoms with Crippen LogP contribution in [-0.2, 0) is 16.1 Å². The van der Waals surface area contributed by atoms with Crippen molar-refractivity contribution in [2.45, 2.75) is 12.6 Å². The molecule has 3 heterocycles. The van der Waals surface area contributed by atoms with Gasteiger partial charge < -0.3 is 10.0 Å². The normalized spacial score (nSPS) is 18.1. The Hall–Kier alpha value is -1.94. The molecule has 1 amide bonds. The van der Waals surface area contributed by atoms with Gasteiger partial charge in [-0.15, -0.1) is 33.3 Å². The van der Waals surface area contributed by atoms with Crippen molar-refractivity contribution in [1.82, 2.24) is 25.1 Å². The van der Waals surface area contributed by atoms with Gasteiger partial charge in [-0.3, -0.25) is 4.79 Å². The van der Waals surface area contributed by atoms with E-state index in [1.807, 2.05) is 17.5 Å². The first-order valence-electron chi connectivity index (χ1n) is 6.07. The van der Waals surface area contributed by atoms with Crippen LogP contribution in [0, 0.1) is 0 Å². The number of thiophene rings is 1. The summed E-state index contributed by atoms with van der Waals surface area (Å²) in [5.41, 5.74) is 0. The lowest BCUT2D eigenvalue weighted by molar-refractivity contribution is -0.148. The molecule has 0 aromatic carbocycles. The standard InChI is InChI=1S/C11H11N5O3S2/c17-9(15-6-20-5-7(15)11(18)19)4-16-13-10(12-14-16)8-2-1-3-21-8/h1-3,7H,4-6H2,(H,18,19). The van der Waals surface area contributed by atoms with Gasteiger partial charge in [0.05, 0.1) is 10.8 Å². The van der Waals surface area contributed by atoms with E-state index in [1.54, 1.807) is 0 Å². The van der Waals surface area contributed by atoms with Crippen molar-refractivity contribution in [3.63, 3.8) is 0 Å². The molecule has 1 fully saturated rings. The Bertz CT molecular complexity index is 657. The van der Waals surface area contributed by atoms with Gasteiger partial charge in [-0.25, -0.2) is 4.79 Å². The molecule has 8 nitrogen and oxygen atoms in total. The second-order valence-corrected chi connectivity index (χ2v) is 6.29. The van der Waals surface area contributed by atoms with Crippen molar-refractivity contribution in [3.05, 3.63) is 17.5 Å². The molecule has 0 saturated carbocycles. The second-order valence-electron chi connectivity index (χ2n) is 4.34. The third-order valence-corrected chi connectivity index (χ3v) is 4.84. The van der Waals surface area contributed by atoms with E-state index < -0.39 is 12.0 Å². The average Bonchev–Trinajstić information content (AvgIpc) is 3.19. The zero-order valence-corrected chi connectivity index (χ0v) is 12.4. The number of thioether (sulfide) groups is 1. The maximum atomic E-state index is 12.1. The molecular weight excluding hydrogens is 314 g/mol. The predicted molar refractivity (Wildman–Crippen MR) is 76.7 cm³/mol. The Labute approximate surface area is 127 Å². The van der Waals surface area contributed by atoms with Gasteiger partial charge in [0, 0.05) is 5.75 Å². The number of aromatic nitrogens is 4. The minimum absolute atomic E-state index is 0.108. The van der Waals surface area contributed by atoms with E-state index in [0.717, 1.165) is 4.88 Å². The van der Waals surface area contributed by atoms with Crippen molar-refractivity contribution >= 4 is 35.0 Å². The highest BCUT2D eigenvalue weighted by atomic mass is 32.2. The number of rotatable bonds is 4.